The van der Waals surface area contributed by atoms with Crippen molar-refractivity contribution in [2.24, 2.45) is 17.8 Å². The predicted molar refractivity (Wildman–Crippen MR) is 94.1 cm³/mol. The Morgan fingerprint density at radius 1 is 0.826 bits per heavy atom. The zero-order chi connectivity index (χ0) is 17.7. The Hall–Kier alpha value is -1.10. The van der Waals surface area contributed by atoms with Crippen molar-refractivity contribution in [2.45, 2.75) is 74.8 Å². The maximum absolute atomic E-state index is 11.1. The number of ether oxygens (including phenoxy) is 2. The van der Waals surface area contributed by atoms with Gasteiger partial charge < -0.3 is 14.6 Å². The van der Waals surface area contributed by atoms with Crippen LogP contribution in [0.5, 0.6) is 0 Å². The van der Waals surface area contributed by atoms with E-state index in [0.717, 1.165) is 6.42 Å². The first kappa shape index (κ1) is 26.8. The topological polar surface area (TPSA) is 72.8 Å². The number of aliphatic hydroxyl groups excluding tert-OH is 1. The molecule has 0 aliphatic heterocycles. The Labute approximate surface area is 142 Å². The van der Waals surface area contributed by atoms with Crippen LogP contribution >= 0.6 is 0 Å². The summed E-state index contributed by atoms with van der Waals surface area (Å²) in [6.07, 6.45) is 0.437. The summed E-state index contributed by atoms with van der Waals surface area (Å²) in [5.74, 6) is 0.348. The average Bonchev–Trinajstić information content (AvgIpc) is 2.38. The Balaban J connectivity index is -0.000000333. The lowest BCUT2D eigenvalue weighted by Crippen LogP contribution is -2.24. The molecule has 0 saturated heterocycles. The number of esters is 2. The van der Waals surface area contributed by atoms with Crippen LogP contribution in [0.15, 0.2) is 0 Å². The Kier molecular flexibility index (Phi) is 18.4. The van der Waals surface area contributed by atoms with E-state index in [4.69, 9.17) is 9.84 Å². The molecule has 0 aromatic rings. The first-order chi connectivity index (χ1) is 10.1. The van der Waals surface area contributed by atoms with E-state index in [9.17, 15) is 9.59 Å². The van der Waals surface area contributed by atoms with Crippen molar-refractivity contribution in [3.8, 4) is 0 Å². The zero-order valence-corrected chi connectivity index (χ0v) is 15.2. The molecule has 0 saturated carbocycles. The van der Waals surface area contributed by atoms with Crippen molar-refractivity contribution in [1.29, 1.82) is 0 Å². The summed E-state index contributed by atoms with van der Waals surface area (Å²) in [5, 5.41) is 9.14. The molecule has 0 aromatic heterocycles. The molecule has 140 valence electrons. The molecule has 23 heavy (non-hydrogen) atoms. The van der Waals surface area contributed by atoms with Crippen LogP contribution in [0.1, 0.15) is 68.7 Å². The second-order valence-corrected chi connectivity index (χ2v) is 6.18. The smallest absolute Gasteiger partial charge is 0.334 e. The van der Waals surface area contributed by atoms with Crippen molar-refractivity contribution in [2.75, 3.05) is 13.2 Å². The van der Waals surface area contributed by atoms with E-state index in [1.54, 1.807) is 6.92 Å². The minimum absolute atomic E-state index is 0. The van der Waals surface area contributed by atoms with Gasteiger partial charge in [-0.1, -0.05) is 42.0 Å². The molecule has 2 atom stereocenters. The SMILES string of the molecule is C.CCOC(=O)C(C)CC(C)C.CCOC(=O)C(O)CC(C)C. The number of hydrogen-bond acceptors (Lipinski definition) is 5. The molecule has 0 aliphatic carbocycles. The molecular weight excluding hydrogens is 296 g/mol. The third-order valence-electron chi connectivity index (χ3n) is 2.77. The molecule has 0 rings (SSSR count). The monoisotopic (exact) mass is 334 g/mol. The number of aliphatic hydroxyl groups is 1. The van der Waals surface area contributed by atoms with Gasteiger partial charge in [0.1, 0.15) is 0 Å². The lowest BCUT2D eigenvalue weighted by Gasteiger charge is -2.11. The Morgan fingerprint density at radius 3 is 1.57 bits per heavy atom. The molecule has 0 amide bonds. The van der Waals surface area contributed by atoms with Crippen LogP contribution < -0.4 is 0 Å². The zero-order valence-electron chi connectivity index (χ0n) is 15.2. The van der Waals surface area contributed by atoms with Crippen LogP contribution in [0, 0.1) is 17.8 Å². The summed E-state index contributed by atoms with van der Waals surface area (Å²) >= 11 is 0. The molecule has 0 aromatic carbocycles. The van der Waals surface area contributed by atoms with Crippen molar-refractivity contribution in [1.82, 2.24) is 0 Å². The highest BCUT2D eigenvalue weighted by atomic mass is 16.5. The Bertz CT molecular complexity index is 270. The van der Waals surface area contributed by atoms with E-state index < -0.39 is 12.1 Å². The van der Waals surface area contributed by atoms with E-state index in [2.05, 4.69) is 18.6 Å². The minimum Gasteiger partial charge on any atom is -0.466 e. The Morgan fingerprint density at radius 2 is 1.22 bits per heavy atom. The number of hydrogen-bond donors (Lipinski definition) is 1. The molecule has 0 heterocycles. The van der Waals surface area contributed by atoms with Gasteiger partial charge in [-0.15, -0.1) is 0 Å². The van der Waals surface area contributed by atoms with E-state index >= 15 is 0 Å². The molecule has 2 unspecified atom stereocenters. The van der Waals surface area contributed by atoms with Crippen LogP contribution in [-0.4, -0.2) is 36.4 Å². The van der Waals surface area contributed by atoms with E-state index in [0.29, 0.717) is 31.5 Å². The van der Waals surface area contributed by atoms with Crippen molar-refractivity contribution >= 4 is 11.9 Å². The fraction of sp³-hybridized carbons (Fsp3) is 0.889. The fourth-order valence-electron chi connectivity index (χ4n) is 1.87. The van der Waals surface area contributed by atoms with Gasteiger partial charge >= 0.3 is 11.9 Å². The average molecular weight is 334 g/mol. The quantitative estimate of drug-likeness (QED) is 0.683. The molecule has 1 N–H and O–H groups in total. The number of carbonyl (C=O) groups excluding carboxylic acids is 2. The summed E-state index contributed by atoms with van der Waals surface area (Å²) < 4.78 is 9.48. The highest BCUT2D eigenvalue weighted by Gasteiger charge is 2.16. The van der Waals surface area contributed by atoms with Crippen LogP contribution in [0.3, 0.4) is 0 Å². The molecule has 0 radical (unpaired) electrons. The number of rotatable bonds is 8. The summed E-state index contributed by atoms with van der Waals surface area (Å²) in [6.45, 7) is 14.4. The van der Waals surface area contributed by atoms with Gasteiger partial charge in [-0.2, -0.15) is 0 Å². The highest BCUT2D eigenvalue weighted by Crippen LogP contribution is 2.12. The third-order valence-corrected chi connectivity index (χ3v) is 2.77. The van der Waals surface area contributed by atoms with Crippen LogP contribution in [0.2, 0.25) is 0 Å². The lowest BCUT2D eigenvalue weighted by molar-refractivity contribution is -0.153. The second-order valence-electron chi connectivity index (χ2n) is 6.18. The number of carbonyl (C=O) groups is 2. The molecule has 5 heteroatoms. The first-order valence-electron chi connectivity index (χ1n) is 8.16. The van der Waals surface area contributed by atoms with Crippen LogP contribution in [0.4, 0.5) is 0 Å². The van der Waals surface area contributed by atoms with Gasteiger partial charge in [0.2, 0.25) is 0 Å². The molecule has 0 bridgehead atoms. The van der Waals surface area contributed by atoms with Gasteiger partial charge in [-0.3, -0.25) is 4.79 Å². The maximum atomic E-state index is 11.1. The standard InChI is InChI=1S/C9H18O2.C8H16O3.CH4/c1-5-11-9(10)8(4)6-7(2)3;1-4-11-8(10)7(9)5-6(2)3;/h7-8H,5-6H2,1-4H3;6-7,9H,4-5H2,1-3H3;1H4. The predicted octanol–water partition coefficient (Wildman–Crippen LogP) is 3.82. The minimum atomic E-state index is -0.949. The van der Waals surface area contributed by atoms with E-state index in [1.807, 2.05) is 27.7 Å². The maximum Gasteiger partial charge on any atom is 0.334 e. The first-order valence-corrected chi connectivity index (χ1v) is 8.16. The largest absolute Gasteiger partial charge is 0.466 e. The highest BCUT2D eigenvalue weighted by molar-refractivity contribution is 5.74. The summed E-state index contributed by atoms with van der Waals surface area (Å²) in [5.41, 5.74) is 0. The van der Waals surface area contributed by atoms with Gasteiger partial charge in [0.25, 0.3) is 0 Å². The van der Waals surface area contributed by atoms with Gasteiger partial charge in [0.05, 0.1) is 19.1 Å². The van der Waals surface area contributed by atoms with E-state index in [-0.39, 0.29) is 19.3 Å². The molecule has 0 aliphatic rings. The lowest BCUT2D eigenvalue weighted by atomic mass is 9.99. The van der Waals surface area contributed by atoms with Crippen molar-refractivity contribution in [3.63, 3.8) is 0 Å². The summed E-state index contributed by atoms with van der Waals surface area (Å²) in [7, 11) is 0. The van der Waals surface area contributed by atoms with Crippen molar-refractivity contribution in [3.05, 3.63) is 0 Å². The molecule has 0 spiro atoms. The fourth-order valence-corrected chi connectivity index (χ4v) is 1.87. The van der Waals surface area contributed by atoms with Crippen LogP contribution in [-0.2, 0) is 19.1 Å². The van der Waals surface area contributed by atoms with Gasteiger partial charge in [0, 0.05) is 0 Å². The molecular formula is C18H38O5. The van der Waals surface area contributed by atoms with Crippen molar-refractivity contribution < 1.29 is 24.2 Å². The second kappa shape index (κ2) is 15.8. The van der Waals surface area contributed by atoms with Gasteiger partial charge in [0.15, 0.2) is 6.10 Å². The van der Waals surface area contributed by atoms with Gasteiger partial charge in [-0.25, -0.2) is 4.79 Å². The molecule has 0 fully saturated rings. The summed E-state index contributed by atoms with van der Waals surface area (Å²) in [4.78, 5) is 21.9. The summed E-state index contributed by atoms with van der Waals surface area (Å²) in [6, 6.07) is 0. The third kappa shape index (κ3) is 17.1. The van der Waals surface area contributed by atoms with Gasteiger partial charge in [-0.05, 0) is 38.5 Å². The normalized spacial score (nSPS) is 12.6. The molecule has 5 nitrogen and oxygen atoms in total. The van der Waals surface area contributed by atoms with E-state index in [1.165, 1.54) is 0 Å². The van der Waals surface area contributed by atoms with Crippen LogP contribution in [0.25, 0.3) is 0 Å².